The molecule has 0 radical (unpaired) electrons. The third kappa shape index (κ3) is 3.89. The van der Waals surface area contributed by atoms with Crippen molar-refractivity contribution in [3.8, 4) is 22.8 Å². The number of hydrogen-bond donors (Lipinski definition) is 0. The summed E-state index contributed by atoms with van der Waals surface area (Å²) in [5, 5.41) is 9.38. The van der Waals surface area contributed by atoms with Crippen molar-refractivity contribution in [3.05, 3.63) is 109 Å². The van der Waals surface area contributed by atoms with Crippen LogP contribution in [-0.4, -0.2) is 29.5 Å². The number of nitrogens with zero attached hydrogens (tertiary/aromatic N) is 6. The molecule has 1 aromatic carbocycles. The second-order valence-electron chi connectivity index (χ2n) is 7.00. The summed E-state index contributed by atoms with van der Waals surface area (Å²) < 4.78 is 3.90. The van der Waals surface area contributed by atoms with Crippen LogP contribution in [0, 0.1) is 0 Å². The first kappa shape index (κ1) is 18.0. The van der Waals surface area contributed by atoms with E-state index in [1.54, 1.807) is 12.4 Å². The molecular formula is C24H20N6. The van der Waals surface area contributed by atoms with Crippen molar-refractivity contribution in [1.82, 2.24) is 29.5 Å². The van der Waals surface area contributed by atoms with E-state index < -0.39 is 0 Å². The minimum absolute atomic E-state index is 0.692. The van der Waals surface area contributed by atoms with E-state index >= 15 is 0 Å². The molecule has 4 aromatic heterocycles. The topological polar surface area (TPSA) is 61.4 Å². The van der Waals surface area contributed by atoms with Crippen molar-refractivity contribution < 1.29 is 0 Å². The standard InChI is InChI=1S/C24H20N6/c1-2-8-20(18-30-16-12-24(28-30)22-10-4-6-14-26-22)19(7-1)17-29-15-11-23(27-29)21-9-3-5-13-25-21/h1-16H,17-18H2. The maximum absolute atomic E-state index is 4.69. The Labute approximate surface area is 174 Å². The molecule has 4 heterocycles. The molecule has 0 saturated carbocycles. The lowest BCUT2D eigenvalue weighted by Gasteiger charge is -2.10. The van der Waals surface area contributed by atoms with Crippen LogP contribution in [-0.2, 0) is 13.1 Å². The summed E-state index contributed by atoms with van der Waals surface area (Å²) in [5.41, 5.74) is 5.93. The van der Waals surface area contributed by atoms with E-state index in [0.29, 0.717) is 13.1 Å². The van der Waals surface area contributed by atoms with Gasteiger partial charge in [0.05, 0.1) is 24.5 Å². The van der Waals surface area contributed by atoms with Crippen molar-refractivity contribution >= 4 is 0 Å². The van der Waals surface area contributed by atoms with E-state index in [4.69, 9.17) is 10.2 Å². The van der Waals surface area contributed by atoms with Gasteiger partial charge in [-0.2, -0.15) is 10.2 Å². The van der Waals surface area contributed by atoms with Gasteiger partial charge < -0.3 is 0 Å². The fraction of sp³-hybridized carbons (Fsp3) is 0.0833. The summed E-state index contributed by atoms with van der Waals surface area (Å²) in [6.45, 7) is 1.38. The third-order valence-electron chi connectivity index (χ3n) is 4.92. The van der Waals surface area contributed by atoms with Crippen LogP contribution in [0.4, 0.5) is 0 Å². The van der Waals surface area contributed by atoms with Gasteiger partial charge in [-0.15, -0.1) is 0 Å². The van der Waals surface area contributed by atoms with Crippen LogP contribution >= 0.6 is 0 Å². The van der Waals surface area contributed by atoms with E-state index in [0.717, 1.165) is 22.8 Å². The van der Waals surface area contributed by atoms with Crippen LogP contribution in [0.1, 0.15) is 11.1 Å². The fourth-order valence-corrected chi connectivity index (χ4v) is 3.42. The SMILES string of the molecule is c1ccc(-c2ccn(Cc3ccccc3Cn3ccc(-c4ccccn4)n3)n2)nc1. The predicted octanol–water partition coefficient (Wildman–Crippen LogP) is 4.30. The molecule has 6 nitrogen and oxygen atoms in total. The molecule has 0 unspecified atom stereocenters. The molecule has 30 heavy (non-hydrogen) atoms. The zero-order chi connectivity index (χ0) is 20.2. The van der Waals surface area contributed by atoms with Crippen LogP contribution in [0.5, 0.6) is 0 Å². The van der Waals surface area contributed by atoms with E-state index in [2.05, 4.69) is 34.2 Å². The van der Waals surface area contributed by atoms with Crippen LogP contribution in [0.15, 0.2) is 97.6 Å². The Balaban J connectivity index is 1.35. The first-order chi connectivity index (χ1) is 14.8. The van der Waals surface area contributed by atoms with Gasteiger partial charge in [0.1, 0.15) is 11.4 Å². The highest BCUT2D eigenvalue weighted by molar-refractivity contribution is 5.53. The van der Waals surface area contributed by atoms with Crippen molar-refractivity contribution in [2.24, 2.45) is 0 Å². The quantitative estimate of drug-likeness (QED) is 0.432. The summed E-state index contributed by atoms with van der Waals surface area (Å²) in [6.07, 6.45) is 7.56. The van der Waals surface area contributed by atoms with Gasteiger partial charge in [0.2, 0.25) is 0 Å². The Morgan fingerprint density at radius 1 is 0.500 bits per heavy atom. The van der Waals surface area contributed by atoms with Crippen LogP contribution in [0.25, 0.3) is 22.8 Å². The summed E-state index contributed by atoms with van der Waals surface area (Å²) in [7, 11) is 0. The van der Waals surface area contributed by atoms with Gasteiger partial charge in [0, 0.05) is 24.8 Å². The van der Waals surface area contributed by atoms with Gasteiger partial charge in [-0.3, -0.25) is 19.3 Å². The largest absolute Gasteiger partial charge is 0.268 e. The first-order valence-electron chi connectivity index (χ1n) is 9.82. The molecule has 0 bridgehead atoms. The van der Waals surface area contributed by atoms with Gasteiger partial charge >= 0.3 is 0 Å². The second-order valence-corrected chi connectivity index (χ2v) is 7.00. The van der Waals surface area contributed by atoms with Gasteiger partial charge in [-0.25, -0.2) is 0 Å². The molecule has 6 heteroatoms. The Kier molecular flexibility index (Phi) is 4.88. The molecule has 0 aliphatic heterocycles. The van der Waals surface area contributed by atoms with E-state index in [-0.39, 0.29) is 0 Å². The average Bonchev–Trinajstić information content (AvgIpc) is 3.46. The monoisotopic (exact) mass is 392 g/mol. The highest BCUT2D eigenvalue weighted by Crippen LogP contribution is 2.18. The third-order valence-corrected chi connectivity index (χ3v) is 4.92. The lowest BCUT2D eigenvalue weighted by molar-refractivity contribution is 0.654. The first-order valence-corrected chi connectivity index (χ1v) is 9.82. The minimum atomic E-state index is 0.692. The molecule has 0 aliphatic carbocycles. The molecule has 0 aliphatic rings. The van der Waals surface area contributed by atoms with Gasteiger partial charge in [-0.05, 0) is 47.5 Å². The van der Waals surface area contributed by atoms with Crippen molar-refractivity contribution in [3.63, 3.8) is 0 Å². The van der Waals surface area contributed by atoms with Crippen LogP contribution < -0.4 is 0 Å². The van der Waals surface area contributed by atoms with Gasteiger partial charge in [0.25, 0.3) is 0 Å². The maximum Gasteiger partial charge on any atom is 0.111 e. The maximum atomic E-state index is 4.69. The number of aromatic nitrogens is 6. The number of pyridine rings is 2. The summed E-state index contributed by atoms with van der Waals surface area (Å²) in [4.78, 5) is 8.76. The minimum Gasteiger partial charge on any atom is -0.268 e. The van der Waals surface area contributed by atoms with Crippen molar-refractivity contribution in [2.45, 2.75) is 13.1 Å². The smallest absolute Gasteiger partial charge is 0.111 e. The zero-order valence-electron chi connectivity index (χ0n) is 16.3. The van der Waals surface area contributed by atoms with E-state index in [9.17, 15) is 0 Å². The van der Waals surface area contributed by atoms with E-state index in [1.165, 1.54) is 11.1 Å². The lowest BCUT2D eigenvalue weighted by atomic mass is 10.1. The summed E-state index contributed by atoms with van der Waals surface area (Å²) in [5.74, 6) is 0. The fourth-order valence-electron chi connectivity index (χ4n) is 3.42. The summed E-state index contributed by atoms with van der Waals surface area (Å²) in [6, 6.07) is 24.1. The number of benzene rings is 1. The highest BCUT2D eigenvalue weighted by atomic mass is 15.3. The molecular weight excluding hydrogens is 372 g/mol. The normalized spacial score (nSPS) is 10.9. The average molecular weight is 392 g/mol. The molecule has 0 saturated heterocycles. The second kappa shape index (κ2) is 8.13. The van der Waals surface area contributed by atoms with E-state index in [1.807, 2.05) is 70.3 Å². The van der Waals surface area contributed by atoms with Gasteiger partial charge in [0.15, 0.2) is 0 Å². The molecule has 146 valence electrons. The molecule has 5 aromatic rings. The Morgan fingerprint density at radius 2 is 0.967 bits per heavy atom. The molecule has 5 rings (SSSR count). The number of hydrogen-bond acceptors (Lipinski definition) is 4. The van der Waals surface area contributed by atoms with Crippen LogP contribution in [0.3, 0.4) is 0 Å². The molecule has 0 fully saturated rings. The number of rotatable bonds is 6. The molecule has 0 N–H and O–H groups in total. The molecule has 0 atom stereocenters. The zero-order valence-corrected chi connectivity index (χ0v) is 16.3. The molecule has 0 amide bonds. The summed E-state index contributed by atoms with van der Waals surface area (Å²) >= 11 is 0. The van der Waals surface area contributed by atoms with Crippen LogP contribution in [0.2, 0.25) is 0 Å². The van der Waals surface area contributed by atoms with Gasteiger partial charge in [-0.1, -0.05) is 36.4 Å². The lowest BCUT2D eigenvalue weighted by Crippen LogP contribution is -2.08. The Morgan fingerprint density at radius 3 is 1.40 bits per heavy atom. The predicted molar refractivity (Wildman–Crippen MR) is 116 cm³/mol. The Bertz CT molecular complexity index is 1140. The van der Waals surface area contributed by atoms with Crippen molar-refractivity contribution in [1.29, 1.82) is 0 Å². The highest BCUT2D eigenvalue weighted by Gasteiger charge is 2.09. The van der Waals surface area contributed by atoms with Crippen molar-refractivity contribution in [2.75, 3.05) is 0 Å². The molecule has 0 spiro atoms. The Hall–Kier alpha value is -4.06.